The highest BCUT2D eigenvalue weighted by molar-refractivity contribution is 5.39. The van der Waals surface area contributed by atoms with E-state index in [9.17, 15) is 4.39 Å². The van der Waals surface area contributed by atoms with Gasteiger partial charge in [0.15, 0.2) is 0 Å². The number of benzene rings is 1. The molecule has 1 aromatic carbocycles. The minimum atomic E-state index is -0.498. The fraction of sp³-hybridized carbons (Fsp3) is 0.250. The molecule has 0 aliphatic carbocycles. The molecule has 4 nitrogen and oxygen atoms in total. The molecule has 1 heterocycles. The van der Waals surface area contributed by atoms with E-state index in [1.807, 2.05) is 7.05 Å². The lowest BCUT2D eigenvalue weighted by Crippen LogP contribution is -2.13. The van der Waals surface area contributed by atoms with Crippen molar-refractivity contribution in [2.24, 2.45) is 12.8 Å². The van der Waals surface area contributed by atoms with Crippen LogP contribution in [0.5, 0.6) is 5.75 Å². The number of ether oxygens (including phenoxy) is 1. The Hall–Kier alpha value is -1.88. The molecule has 2 aromatic rings. The Morgan fingerprint density at radius 2 is 2.24 bits per heavy atom. The lowest BCUT2D eigenvalue weighted by atomic mass is 10.0. The van der Waals surface area contributed by atoms with E-state index in [0.717, 1.165) is 0 Å². The molecule has 1 atom stereocenters. The van der Waals surface area contributed by atoms with Crippen LogP contribution in [-0.4, -0.2) is 16.7 Å². The Kier molecular flexibility index (Phi) is 3.10. The second-order valence-electron chi connectivity index (χ2n) is 3.83. The van der Waals surface area contributed by atoms with Crippen LogP contribution in [0.15, 0.2) is 30.7 Å². The van der Waals surface area contributed by atoms with Gasteiger partial charge in [-0.25, -0.2) is 9.37 Å². The van der Waals surface area contributed by atoms with Crippen molar-refractivity contribution in [3.8, 4) is 5.75 Å². The number of hydrogen-bond donors (Lipinski definition) is 1. The van der Waals surface area contributed by atoms with E-state index in [1.165, 1.54) is 19.2 Å². The van der Waals surface area contributed by atoms with Gasteiger partial charge in [0.1, 0.15) is 11.6 Å². The predicted octanol–water partition coefficient (Wildman–Crippen LogP) is 1.62. The number of hydrogen-bond acceptors (Lipinski definition) is 3. The first-order chi connectivity index (χ1) is 8.11. The van der Waals surface area contributed by atoms with Crippen LogP contribution >= 0.6 is 0 Å². The maximum atomic E-state index is 13.2. The van der Waals surface area contributed by atoms with Crippen LogP contribution in [0.4, 0.5) is 4.39 Å². The standard InChI is InChI=1S/C12H14FN3O/c1-16-6-10(15-7-16)12(14)9-5-8(13)3-4-11(9)17-2/h3-7,12H,14H2,1-2H3. The van der Waals surface area contributed by atoms with E-state index in [4.69, 9.17) is 10.5 Å². The van der Waals surface area contributed by atoms with Gasteiger partial charge in [0.2, 0.25) is 0 Å². The Bertz CT molecular complexity index is 524. The molecule has 1 aromatic heterocycles. The second-order valence-corrected chi connectivity index (χ2v) is 3.83. The molecule has 2 rings (SSSR count). The monoisotopic (exact) mass is 235 g/mol. The highest BCUT2D eigenvalue weighted by atomic mass is 19.1. The van der Waals surface area contributed by atoms with Crippen LogP contribution in [-0.2, 0) is 7.05 Å². The summed E-state index contributed by atoms with van der Waals surface area (Å²) in [6, 6.07) is 3.78. The van der Waals surface area contributed by atoms with Gasteiger partial charge in [0.05, 0.1) is 25.2 Å². The van der Waals surface area contributed by atoms with Crippen molar-refractivity contribution in [1.29, 1.82) is 0 Å². The maximum absolute atomic E-state index is 13.2. The van der Waals surface area contributed by atoms with Crippen molar-refractivity contribution < 1.29 is 9.13 Å². The quantitative estimate of drug-likeness (QED) is 0.879. The van der Waals surface area contributed by atoms with Gasteiger partial charge >= 0.3 is 0 Å². The van der Waals surface area contributed by atoms with Crippen molar-refractivity contribution in [3.63, 3.8) is 0 Å². The van der Waals surface area contributed by atoms with Crippen LogP contribution < -0.4 is 10.5 Å². The summed E-state index contributed by atoms with van der Waals surface area (Å²) < 4.78 is 20.2. The maximum Gasteiger partial charge on any atom is 0.124 e. The van der Waals surface area contributed by atoms with E-state index in [0.29, 0.717) is 17.0 Å². The molecule has 1 unspecified atom stereocenters. The van der Waals surface area contributed by atoms with Crippen LogP contribution in [0.2, 0.25) is 0 Å². The summed E-state index contributed by atoms with van der Waals surface area (Å²) in [5, 5.41) is 0. The van der Waals surface area contributed by atoms with Gasteiger partial charge in [-0.2, -0.15) is 0 Å². The van der Waals surface area contributed by atoms with E-state index in [-0.39, 0.29) is 5.82 Å². The number of nitrogens with two attached hydrogens (primary N) is 1. The van der Waals surface area contributed by atoms with Gasteiger partial charge in [0.25, 0.3) is 0 Å². The van der Waals surface area contributed by atoms with Gasteiger partial charge in [-0.05, 0) is 18.2 Å². The molecular weight excluding hydrogens is 221 g/mol. The summed E-state index contributed by atoms with van der Waals surface area (Å²) in [6.45, 7) is 0. The van der Waals surface area contributed by atoms with E-state index in [1.54, 1.807) is 23.2 Å². The van der Waals surface area contributed by atoms with Crippen molar-refractivity contribution in [3.05, 3.63) is 47.8 Å². The highest BCUT2D eigenvalue weighted by Crippen LogP contribution is 2.28. The number of methoxy groups -OCH3 is 1. The average Bonchev–Trinajstić information content (AvgIpc) is 2.75. The Morgan fingerprint density at radius 1 is 1.47 bits per heavy atom. The van der Waals surface area contributed by atoms with Gasteiger partial charge in [-0.1, -0.05) is 0 Å². The highest BCUT2D eigenvalue weighted by Gasteiger charge is 2.16. The van der Waals surface area contributed by atoms with Gasteiger partial charge < -0.3 is 15.0 Å². The summed E-state index contributed by atoms with van der Waals surface area (Å²) in [7, 11) is 3.38. The van der Waals surface area contributed by atoms with E-state index in [2.05, 4.69) is 4.98 Å². The third kappa shape index (κ3) is 2.29. The van der Waals surface area contributed by atoms with E-state index >= 15 is 0 Å². The first-order valence-electron chi connectivity index (χ1n) is 5.18. The molecule has 0 amide bonds. The van der Waals surface area contributed by atoms with Crippen LogP contribution in [0.25, 0.3) is 0 Å². The molecule has 0 saturated heterocycles. The Morgan fingerprint density at radius 3 is 2.82 bits per heavy atom. The number of nitrogens with zero attached hydrogens (tertiary/aromatic N) is 2. The molecule has 0 radical (unpaired) electrons. The summed E-state index contributed by atoms with van der Waals surface area (Å²) in [5.41, 5.74) is 7.32. The molecule has 0 aliphatic rings. The van der Waals surface area contributed by atoms with Crippen LogP contribution in [0, 0.1) is 5.82 Å². The van der Waals surface area contributed by atoms with E-state index < -0.39 is 6.04 Å². The molecule has 0 fully saturated rings. The molecule has 5 heteroatoms. The Balaban J connectivity index is 2.42. The summed E-state index contributed by atoms with van der Waals surface area (Å²) in [6.07, 6.45) is 3.45. The topological polar surface area (TPSA) is 53.1 Å². The smallest absolute Gasteiger partial charge is 0.124 e. The van der Waals surface area contributed by atoms with Crippen LogP contribution in [0.1, 0.15) is 17.3 Å². The fourth-order valence-electron chi connectivity index (χ4n) is 1.70. The zero-order valence-corrected chi connectivity index (χ0v) is 9.72. The Labute approximate surface area is 98.8 Å². The fourth-order valence-corrected chi connectivity index (χ4v) is 1.70. The third-order valence-corrected chi connectivity index (χ3v) is 2.57. The van der Waals surface area contributed by atoms with Crippen molar-refractivity contribution >= 4 is 0 Å². The molecule has 90 valence electrons. The summed E-state index contributed by atoms with van der Waals surface area (Å²) in [4.78, 5) is 4.16. The number of rotatable bonds is 3. The predicted molar refractivity (Wildman–Crippen MR) is 62.2 cm³/mol. The molecule has 0 spiro atoms. The van der Waals surface area contributed by atoms with Gasteiger partial charge in [-0.3, -0.25) is 0 Å². The molecule has 17 heavy (non-hydrogen) atoms. The number of aromatic nitrogens is 2. The van der Waals surface area contributed by atoms with Crippen LogP contribution in [0.3, 0.4) is 0 Å². The molecular formula is C12H14FN3O. The SMILES string of the molecule is COc1ccc(F)cc1C(N)c1cn(C)cn1. The minimum absolute atomic E-state index is 0.341. The van der Waals surface area contributed by atoms with Crippen molar-refractivity contribution in [1.82, 2.24) is 9.55 Å². The molecule has 0 aliphatic heterocycles. The molecule has 2 N–H and O–H groups in total. The molecule has 0 bridgehead atoms. The van der Waals surface area contributed by atoms with Crippen molar-refractivity contribution in [2.75, 3.05) is 7.11 Å². The van der Waals surface area contributed by atoms with Gasteiger partial charge in [-0.15, -0.1) is 0 Å². The number of aryl methyl sites for hydroxylation is 1. The zero-order chi connectivity index (χ0) is 12.4. The summed E-state index contributed by atoms with van der Waals surface area (Å²) >= 11 is 0. The van der Waals surface area contributed by atoms with Crippen molar-refractivity contribution in [2.45, 2.75) is 6.04 Å². The van der Waals surface area contributed by atoms with Gasteiger partial charge in [0, 0.05) is 18.8 Å². The largest absolute Gasteiger partial charge is 0.496 e. The number of halogens is 1. The minimum Gasteiger partial charge on any atom is -0.496 e. The lowest BCUT2D eigenvalue weighted by Gasteiger charge is -2.13. The first-order valence-corrected chi connectivity index (χ1v) is 5.18. The first kappa shape index (κ1) is 11.6. The number of imidazole rings is 1. The normalized spacial score (nSPS) is 12.5. The average molecular weight is 235 g/mol. The zero-order valence-electron chi connectivity index (χ0n) is 9.72. The second kappa shape index (κ2) is 4.55. The third-order valence-electron chi connectivity index (χ3n) is 2.57. The molecule has 0 saturated carbocycles. The lowest BCUT2D eigenvalue weighted by molar-refractivity contribution is 0.406. The summed E-state index contributed by atoms with van der Waals surface area (Å²) in [5.74, 6) is 0.219.